The molecule has 0 spiro atoms. The first kappa shape index (κ1) is 25.8. The molecule has 1 aliphatic rings. The van der Waals surface area contributed by atoms with Crippen molar-refractivity contribution >= 4 is 29.2 Å². The van der Waals surface area contributed by atoms with Gasteiger partial charge in [0.05, 0.1) is 24.5 Å². The SMILES string of the molecule is O=C(O)c1ccccc1-c1ccccc1C(=O)Nc1ccc(C(=O)N(c2ccccc2)N2CCOCC2)cc1. The summed E-state index contributed by atoms with van der Waals surface area (Å²) in [4.78, 5) is 38.6. The Morgan fingerprint density at radius 3 is 1.92 bits per heavy atom. The molecule has 5 rings (SSSR count). The topological polar surface area (TPSA) is 99.2 Å². The Morgan fingerprint density at radius 2 is 1.28 bits per heavy atom. The zero-order valence-corrected chi connectivity index (χ0v) is 21.1. The molecule has 39 heavy (non-hydrogen) atoms. The summed E-state index contributed by atoms with van der Waals surface area (Å²) >= 11 is 0. The summed E-state index contributed by atoms with van der Waals surface area (Å²) in [5.74, 6) is -1.64. The maximum atomic E-state index is 13.6. The summed E-state index contributed by atoms with van der Waals surface area (Å²) < 4.78 is 5.47. The van der Waals surface area contributed by atoms with Crippen LogP contribution in [-0.4, -0.2) is 54.2 Å². The lowest BCUT2D eigenvalue weighted by Gasteiger charge is -2.37. The standard InChI is InChI=1S/C31H27N3O5/c35-29(27-12-6-4-10-25(27)26-11-5-7-13-28(26)31(37)38)32-23-16-14-22(15-17-23)30(36)34(24-8-2-1-3-9-24)33-18-20-39-21-19-33/h1-17H,18-21H2,(H,32,35)(H,37,38). The maximum Gasteiger partial charge on any atom is 0.336 e. The summed E-state index contributed by atoms with van der Waals surface area (Å²) in [5.41, 5.74) is 3.18. The monoisotopic (exact) mass is 521 g/mol. The highest BCUT2D eigenvalue weighted by Gasteiger charge is 2.26. The lowest BCUT2D eigenvalue weighted by atomic mass is 9.95. The van der Waals surface area contributed by atoms with Gasteiger partial charge in [0, 0.05) is 29.9 Å². The van der Waals surface area contributed by atoms with Crippen LogP contribution < -0.4 is 10.3 Å². The average Bonchev–Trinajstić information content (AvgIpc) is 2.98. The van der Waals surface area contributed by atoms with Crippen molar-refractivity contribution in [2.75, 3.05) is 36.6 Å². The van der Waals surface area contributed by atoms with E-state index < -0.39 is 5.97 Å². The van der Waals surface area contributed by atoms with Crippen LogP contribution in [0.5, 0.6) is 0 Å². The van der Waals surface area contributed by atoms with E-state index in [9.17, 15) is 19.5 Å². The van der Waals surface area contributed by atoms with Crippen LogP contribution in [0.1, 0.15) is 31.1 Å². The zero-order chi connectivity index (χ0) is 27.2. The fourth-order valence-corrected chi connectivity index (χ4v) is 4.57. The number of para-hydroxylation sites is 1. The molecular formula is C31H27N3O5. The molecule has 0 unspecified atom stereocenters. The van der Waals surface area contributed by atoms with Crippen molar-refractivity contribution < 1.29 is 24.2 Å². The molecule has 0 bridgehead atoms. The van der Waals surface area contributed by atoms with Gasteiger partial charge in [0.1, 0.15) is 0 Å². The Morgan fingerprint density at radius 1 is 0.718 bits per heavy atom. The molecule has 4 aromatic rings. The maximum absolute atomic E-state index is 13.6. The number of carbonyl (C=O) groups is 3. The molecule has 8 heteroatoms. The fraction of sp³-hybridized carbons (Fsp3) is 0.129. The van der Waals surface area contributed by atoms with Crippen LogP contribution in [0, 0.1) is 0 Å². The summed E-state index contributed by atoms with van der Waals surface area (Å²) in [7, 11) is 0. The molecular weight excluding hydrogens is 494 g/mol. The molecule has 8 nitrogen and oxygen atoms in total. The Bertz CT molecular complexity index is 1480. The molecule has 4 aromatic carbocycles. The Kier molecular flexibility index (Phi) is 7.77. The second-order valence-corrected chi connectivity index (χ2v) is 8.95. The van der Waals surface area contributed by atoms with E-state index in [1.165, 1.54) is 6.07 Å². The fourth-order valence-electron chi connectivity index (χ4n) is 4.57. The summed E-state index contributed by atoms with van der Waals surface area (Å²) in [6, 6.07) is 29.6. The van der Waals surface area contributed by atoms with Gasteiger partial charge in [0.2, 0.25) is 0 Å². The lowest BCUT2D eigenvalue weighted by molar-refractivity contribution is 0.0300. The number of carboxylic acids is 1. The second kappa shape index (κ2) is 11.7. The number of rotatable bonds is 7. The van der Waals surface area contributed by atoms with E-state index in [0.717, 1.165) is 5.69 Å². The van der Waals surface area contributed by atoms with Crippen LogP contribution in [-0.2, 0) is 4.74 Å². The van der Waals surface area contributed by atoms with Crippen LogP contribution >= 0.6 is 0 Å². The van der Waals surface area contributed by atoms with Crippen molar-refractivity contribution in [1.82, 2.24) is 5.01 Å². The number of hydrogen-bond donors (Lipinski definition) is 2. The summed E-state index contributed by atoms with van der Waals surface area (Å²) in [6.07, 6.45) is 0. The van der Waals surface area contributed by atoms with Gasteiger partial charge in [-0.1, -0.05) is 54.6 Å². The summed E-state index contributed by atoms with van der Waals surface area (Å²) in [6.45, 7) is 2.28. The van der Waals surface area contributed by atoms with E-state index in [-0.39, 0.29) is 17.4 Å². The molecule has 2 amide bonds. The molecule has 0 aromatic heterocycles. The predicted octanol–water partition coefficient (Wildman–Crippen LogP) is 5.20. The number of aromatic carboxylic acids is 1. The molecule has 0 saturated carbocycles. The van der Waals surface area contributed by atoms with Gasteiger partial charge < -0.3 is 15.2 Å². The molecule has 0 aliphatic carbocycles. The van der Waals surface area contributed by atoms with Crippen LogP contribution in [0.3, 0.4) is 0 Å². The molecule has 0 radical (unpaired) electrons. The van der Waals surface area contributed by atoms with Gasteiger partial charge >= 0.3 is 5.97 Å². The molecule has 0 atom stereocenters. The smallest absolute Gasteiger partial charge is 0.336 e. The molecule has 1 heterocycles. The van der Waals surface area contributed by atoms with Crippen molar-refractivity contribution in [3.05, 3.63) is 120 Å². The third kappa shape index (κ3) is 5.72. The number of carboxylic acid groups (broad SMARTS) is 1. The normalized spacial score (nSPS) is 13.4. The molecule has 1 saturated heterocycles. The number of morpholine rings is 1. The van der Waals surface area contributed by atoms with Crippen molar-refractivity contribution in [2.45, 2.75) is 0 Å². The van der Waals surface area contributed by atoms with Gasteiger partial charge in [-0.15, -0.1) is 0 Å². The van der Waals surface area contributed by atoms with E-state index in [1.807, 2.05) is 35.3 Å². The Balaban J connectivity index is 1.37. The first-order valence-corrected chi connectivity index (χ1v) is 12.6. The predicted molar refractivity (Wildman–Crippen MR) is 149 cm³/mol. The minimum atomic E-state index is -1.07. The van der Waals surface area contributed by atoms with Gasteiger partial charge in [0.25, 0.3) is 11.8 Å². The van der Waals surface area contributed by atoms with E-state index in [2.05, 4.69) is 5.32 Å². The first-order valence-electron chi connectivity index (χ1n) is 12.6. The highest BCUT2D eigenvalue weighted by Crippen LogP contribution is 2.28. The Hall–Kier alpha value is -4.79. The van der Waals surface area contributed by atoms with Crippen molar-refractivity contribution in [1.29, 1.82) is 0 Å². The minimum absolute atomic E-state index is 0.115. The number of nitrogens with zero attached hydrogens (tertiary/aromatic N) is 2. The second-order valence-electron chi connectivity index (χ2n) is 8.95. The van der Waals surface area contributed by atoms with Crippen LogP contribution in [0.2, 0.25) is 0 Å². The highest BCUT2D eigenvalue weighted by atomic mass is 16.5. The van der Waals surface area contributed by atoms with E-state index in [0.29, 0.717) is 54.2 Å². The minimum Gasteiger partial charge on any atom is -0.478 e. The number of benzene rings is 4. The third-order valence-corrected chi connectivity index (χ3v) is 6.47. The molecule has 196 valence electrons. The molecule has 1 aliphatic heterocycles. The van der Waals surface area contributed by atoms with Crippen molar-refractivity contribution in [3.63, 3.8) is 0 Å². The third-order valence-electron chi connectivity index (χ3n) is 6.47. The van der Waals surface area contributed by atoms with E-state index in [4.69, 9.17) is 4.74 Å². The van der Waals surface area contributed by atoms with Gasteiger partial charge in [-0.3, -0.25) is 9.59 Å². The van der Waals surface area contributed by atoms with Gasteiger partial charge in [-0.05, 0) is 59.7 Å². The lowest BCUT2D eigenvalue weighted by Crippen LogP contribution is -2.52. The van der Waals surface area contributed by atoms with Crippen molar-refractivity contribution in [3.8, 4) is 11.1 Å². The van der Waals surface area contributed by atoms with Gasteiger partial charge in [-0.2, -0.15) is 0 Å². The Labute approximate surface area is 226 Å². The first-order chi connectivity index (χ1) is 19.0. The summed E-state index contributed by atoms with van der Waals surface area (Å²) in [5, 5.41) is 16.1. The molecule has 2 N–H and O–H groups in total. The van der Waals surface area contributed by atoms with Gasteiger partial charge in [-0.25, -0.2) is 14.8 Å². The van der Waals surface area contributed by atoms with Crippen molar-refractivity contribution in [2.24, 2.45) is 0 Å². The molecule has 1 fully saturated rings. The number of hydrazine groups is 1. The number of nitrogens with one attached hydrogen (secondary N) is 1. The quantitative estimate of drug-likeness (QED) is 0.347. The largest absolute Gasteiger partial charge is 0.478 e. The average molecular weight is 522 g/mol. The van der Waals surface area contributed by atoms with E-state index >= 15 is 0 Å². The van der Waals surface area contributed by atoms with Crippen LogP contribution in [0.4, 0.5) is 11.4 Å². The number of ether oxygens (including phenoxy) is 1. The number of amides is 2. The van der Waals surface area contributed by atoms with E-state index in [1.54, 1.807) is 71.7 Å². The van der Waals surface area contributed by atoms with Crippen LogP contribution in [0.25, 0.3) is 11.1 Å². The highest BCUT2D eigenvalue weighted by molar-refractivity contribution is 6.11. The zero-order valence-electron chi connectivity index (χ0n) is 21.1. The number of hydrogen-bond acceptors (Lipinski definition) is 5. The number of anilines is 2. The van der Waals surface area contributed by atoms with Gasteiger partial charge in [0.15, 0.2) is 0 Å². The van der Waals surface area contributed by atoms with Crippen LogP contribution in [0.15, 0.2) is 103 Å². The number of carbonyl (C=O) groups excluding carboxylic acids is 2.